The van der Waals surface area contributed by atoms with Crippen LogP contribution in [0.25, 0.3) is 0 Å². The number of alkyl halides is 7. The Morgan fingerprint density at radius 2 is 1.25 bits per heavy atom. The number of fused-ring (bicyclic) bond motifs is 2. The number of anilines is 1. The molecule has 148 valence electrons. The fourth-order valence-electron chi connectivity index (χ4n) is 3.04. The van der Waals surface area contributed by atoms with E-state index >= 15 is 0 Å². The Kier molecular flexibility index (Phi) is 4.28. The monoisotopic (exact) mass is 405 g/mol. The minimum absolute atomic E-state index is 0.155. The van der Waals surface area contributed by atoms with E-state index in [-0.39, 0.29) is 16.8 Å². The maximum Gasteiger partial charge on any atom is 0.460 e. The van der Waals surface area contributed by atoms with Crippen molar-refractivity contribution in [2.75, 3.05) is 12.4 Å². The highest BCUT2D eigenvalue weighted by Gasteiger charge is 2.74. The van der Waals surface area contributed by atoms with Crippen molar-refractivity contribution in [3.8, 4) is 0 Å². The summed E-state index contributed by atoms with van der Waals surface area (Å²) in [4.78, 5) is 25.4. The number of nitrogens with one attached hydrogen (secondary N) is 1. The number of carbonyl (C=O) groups excluding carboxylic acids is 2. The van der Waals surface area contributed by atoms with Crippen molar-refractivity contribution in [1.29, 1.82) is 0 Å². The summed E-state index contributed by atoms with van der Waals surface area (Å²) in [5, 5.41) is 2.46. The lowest BCUT2D eigenvalue weighted by Gasteiger charge is -2.31. The van der Waals surface area contributed by atoms with Crippen molar-refractivity contribution < 1.29 is 40.3 Å². The van der Waals surface area contributed by atoms with Crippen LogP contribution in [-0.2, 0) is 5.92 Å². The van der Waals surface area contributed by atoms with Gasteiger partial charge in [0.25, 0.3) is 0 Å². The highest BCUT2D eigenvalue weighted by molar-refractivity contribution is 6.30. The fraction of sp³-hybridized carbons (Fsp3) is 0.222. The molecule has 3 nitrogen and oxygen atoms in total. The standard InChI is InChI=1S/C18H10F7NO2/c1-26-11-7-6-10(16(19,20)17(21,22)18(23,24)25)12-13(11)15(28)9-5-3-2-4-8(9)14(12)27/h2-7,26H,1H3. The van der Waals surface area contributed by atoms with E-state index in [1.807, 2.05) is 0 Å². The quantitative estimate of drug-likeness (QED) is 0.638. The van der Waals surface area contributed by atoms with Gasteiger partial charge in [-0.2, -0.15) is 30.7 Å². The first-order valence-corrected chi connectivity index (χ1v) is 7.72. The smallest absolute Gasteiger partial charge is 0.388 e. The fourth-order valence-corrected chi connectivity index (χ4v) is 3.04. The number of ketones is 2. The van der Waals surface area contributed by atoms with Gasteiger partial charge in [-0.05, 0) is 12.1 Å². The molecule has 0 saturated heterocycles. The van der Waals surface area contributed by atoms with Crippen molar-refractivity contribution in [3.05, 3.63) is 64.2 Å². The summed E-state index contributed by atoms with van der Waals surface area (Å²) >= 11 is 0. The molecule has 28 heavy (non-hydrogen) atoms. The van der Waals surface area contributed by atoms with Crippen LogP contribution in [0.3, 0.4) is 0 Å². The van der Waals surface area contributed by atoms with Crippen molar-refractivity contribution >= 4 is 17.3 Å². The lowest BCUT2D eigenvalue weighted by Crippen LogP contribution is -2.50. The molecule has 10 heteroatoms. The molecule has 0 amide bonds. The van der Waals surface area contributed by atoms with Crippen molar-refractivity contribution in [2.24, 2.45) is 0 Å². The Balaban J connectivity index is 2.37. The predicted molar refractivity (Wildman–Crippen MR) is 84.2 cm³/mol. The van der Waals surface area contributed by atoms with Crippen LogP contribution < -0.4 is 5.32 Å². The average Bonchev–Trinajstić information content (AvgIpc) is 2.63. The number of rotatable bonds is 3. The first-order chi connectivity index (χ1) is 12.9. The van der Waals surface area contributed by atoms with Crippen LogP contribution in [0.4, 0.5) is 36.4 Å². The SMILES string of the molecule is CNc1ccc(C(F)(F)C(F)(F)C(F)(F)F)c2c1C(=O)c1ccccc1C2=O. The van der Waals surface area contributed by atoms with E-state index in [1.54, 1.807) is 0 Å². The molecular weight excluding hydrogens is 395 g/mol. The molecule has 0 atom stereocenters. The van der Waals surface area contributed by atoms with Crippen molar-refractivity contribution in [3.63, 3.8) is 0 Å². The van der Waals surface area contributed by atoms with Crippen LogP contribution in [0.2, 0.25) is 0 Å². The van der Waals surface area contributed by atoms with Gasteiger partial charge in [-0.1, -0.05) is 24.3 Å². The number of benzene rings is 2. The maximum atomic E-state index is 14.4. The molecule has 0 fully saturated rings. The first-order valence-electron chi connectivity index (χ1n) is 7.72. The highest BCUT2D eigenvalue weighted by atomic mass is 19.4. The van der Waals surface area contributed by atoms with Crippen LogP contribution in [0.5, 0.6) is 0 Å². The van der Waals surface area contributed by atoms with Gasteiger partial charge in [0.05, 0.1) is 5.56 Å². The molecule has 0 radical (unpaired) electrons. The van der Waals surface area contributed by atoms with Gasteiger partial charge < -0.3 is 5.32 Å². The molecule has 0 aromatic heterocycles. The molecule has 0 saturated carbocycles. The van der Waals surface area contributed by atoms with E-state index in [9.17, 15) is 40.3 Å². The van der Waals surface area contributed by atoms with Gasteiger partial charge in [0, 0.05) is 35.0 Å². The zero-order chi connectivity index (χ0) is 21.1. The second-order valence-electron chi connectivity index (χ2n) is 6.01. The average molecular weight is 405 g/mol. The normalized spacial score (nSPS) is 14.6. The van der Waals surface area contributed by atoms with Crippen LogP contribution in [0, 0.1) is 0 Å². The molecule has 1 aliphatic rings. The van der Waals surface area contributed by atoms with Gasteiger partial charge in [0.1, 0.15) is 0 Å². The van der Waals surface area contributed by atoms with Gasteiger partial charge in [-0.3, -0.25) is 9.59 Å². The number of hydrogen-bond acceptors (Lipinski definition) is 3. The molecule has 0 unspecified atom stereocenters. The van der Waals surface area contributed by atoms with E-state index in [0.29, 0.717) is 6.07 Å². The van der Waals surface area contributed by atoms with E-state index in [1.165, 1.54) is 25.2 Å². The summed E-state index contributed by atoms with van der Waals surface area (Å²) in [6.07, 6.45) is -6.58. The Morgan fingerprint density at radius 3 is 1.71 bits per heavy atom. The minimum Gasteiger partial charge on any atom is -0.388 e. The van der Waals surface area contributed by atoms with Crippen molar-refractivity contribution in [1.82, 2.24) is 0 Å². The number of hydrogen-bond donors (Lipinski definition) is 1. The summed E-state index contributed by atoms with van der Waals surface area (Å²) in [5.74, 6) is -14.4. The molecule has 0 bridgehead atoms. The molecule has 0 heterocycles. The van der Waals surface area contributed by atoms with Crippen molar-refractivity contribution in [2.45, 2.75) is 18.0 Å². The Hall–Kier alpha value is -2.91. The third-order valence-electron chi connectivity index (χ3n) is 4.43. The third kappa shape index (κ3) is 2.50. The predicted octanol–water partition coefficient (Wildman–Crippen LogP) is 4.79. The van der Waals surface area contributed by atoms with Gasteiger partial charge in [-0.15, -0.1) is 0 Å². The summed E-state index contributed by atoms with van der Waals surface area (Å²) < 4.78 is 93.7. The minimum atomic E-state index is -6.58. The molecule has 0 aliphatic heterocycles. The lowest BCUT2D eigenvalue weighted by atomic mass is 9.79. The number of halogens is 7. The third-order valence-corrected chi connectivity index (χ3v) is 4.43. The second-order valence-corrected chi connectivity index (χ2v) is 6.01. The van der Waals surface area contributed by atoms with Gasteiger partial charge in [0.2, 0.25) is 0 Å². The van der Waals surface area contributed by atoms with E-state index in [4.69, 9.17) is 0 Å². The lowest BCUT2D eigenvalue weighted by molar-refractivity contribution is -0.359. The molecule has 2 aromatic rings. The van der Waals surface area contributed by atoms with Gasteiger partial charge in [-0.25, -0.2) is 0 Å². The summed E-state index contributed by atoms with van der Waals surface area (Å²) in [6.45, 7) is 0. The molecule has 2 aromatic carbocycles. The van der Waals surface area contributed by atoms with Crippen LogP contribution >= 0.6 is 0 Å². The van der Waals surface area contributed by atoms with Gasteiger partial charge in [0.15, 0.2) is 11.6 Å². The molecule has 1 aliphatic carbocycles. The van der Waals surface area contributed by atoms with Crippen LogP contribution in [0.15, 0.2) is 36.4 Å². The maximum absolute atomic E-state index is 14.4. The second kappa shape index (κ2) is 6.05. The van der Waals surface area contributed by atoms with E-state index in [0.717, 1.165) is 12.1 Å². The number of carbonyl (C=O) groups is 2. The topological polar surface area (TPSA) is 46.2 Å². The zero-order valence-electron chi connectivity index (χ0n) is 13.9. The molecule has 3 rings (SSSR count). The highest BCUT2D eigenvalue weighted by Crippen LogP contribution is 2.53. The van der Waals surface area contributed by atoms with E-state index in [2.05, 4.69) is 5.32 Å². The largest absolute Gasteiger partial charge is 0.460 e. The summed E-state index contributed by atoms with van der Waals surface area (Å²) in [6, 6.07) is 6.09. The molecular formula is C18H10F7NO2. The Bertz CT molecular complexity index is 996. The Labute approximate surface area is 153 Å². The van der Waals surface area contributed by atoms with Gasteiger partial charge >= 0.3 is 18.0 Å². The molecule has 1 N–H and O–H groups in total. The molecule has 0 spiro atoms. The van der Waals surface area contributed by atoms with Crippen LogP contribution in [-0.4, -0.2) is 30.7 Å². The zero-order valence-corrected chi connectivity index (χ0v) is 13.9. The Morgan fingerprint density at radius 1 is 0.750 bits per heavy atom. The van der Waals surface area contributed by atoms with E-state index < -0.39 is 46.3 Å². The summed E-state index contributed by atoms with van der Waals surface area (Å²) in [7, 11) is 1.27. The summed E-state index contributed by atoms with van der Waals surface area (Å²) in [5.41, 5.74) is -4.40. The first kappa shape index (κ1) is 19.8. The van der Waals surface area contributed by atoms with Crippen LogP contribution in [0.1, 0.15) is 37.4 Å².